The van der Waals surface area contributed by atoms with Gasteiger partial charge in [0.25, 0.3) is 0 Å². The molecule has 0 saturated heterocycles. The number of rotatable bonds is 5. The van der Waals surface area contributed by atoms with E-state index in [1.54, 1.807) is 6.61 Å². The molecule has 0 saturated carbocycles. The fourth-order valence-corrected chi connectivity index (χ4v) is 0.297. The van der Waals surface area contributed by atoms with E-state index in [0.717, 1.165) is 0 Å². The minimum absolute atomic E-state index is 0.504. The second-order valence-electron chi connectivity index (χ2n) is 1.20. The summed E-state index contributed by atoms with van der Waals surface area (Å²) in [7, 11) is 0. The molecule has 0 spiro atoms. The Balaban J connectivity index is 2.53. The molecule has 2 radical (unpaired) electrons. The Morgan fingerprint density at radius 3 is 2.88 bits per heavy atom. The molecule has 48 valence electrons. The van der Waals surface area contributed by atoms with Crippen LogP contribution in [-0.2, 0) is 9.47 Å². The molecule has 0 atom stereocenters. The molecule has 0 unspecified atom stereocenters. The molecule has 0 aromatic carbocycles. The molecule has 0 aliphatic rings. The van der Waals surface area contributed by atoms with Crippen LogP contribution >= 0.6 is 0 Å². The van der Waals surface area contributed by atoms with Gasteiger partial charge < -0.3 is 9.47 Å². The van der Waals surface area contributed by atoms with Gasteiger partial charge in [-0.1, -0.05) is 0 Å². The lowest BCUT2D eigenvalue weighted by Gasteiger charge is -1.98. The molecule has 0 aromatic rings. The van der Waals surface area contributed by atoms with E-state index in [9.17, 15) is 0 Å². The topological polar surface area (TPSA) is 18.5 Å². The number of ether oxygens (including phenoxy) is 2. The molecular weight excluding hydrogens is 104 g/mol. The summed E-state index contributed by atoms with van der Waals surface area (Å²) in [6.45, 7) is 8.80. The van der Waals surface area contributed by atoms with Crippen molar-refractivity contribution in [3.8, 4) is 0 Å². The molecule has 0 fully saturated rings. The Hall–Kier alpha value is -0.0800. The van der Waals surface area contributed by atoms with Crippen molar-refractivity contribution >= 4 is 0 Å². The predicted molar refractivity (Wildman–Crippen MR) is 32.1 cm³/mol. The smallest absolute Gasteiger partial charge is 0.109 e. The van der Waals surface area contributed by atoms with E-state index in [2.05, 4.69) is 6.92 Å². The van der Waals surface area contributed by atoms with E-state index >= 15 is 0 Å². The van der Waals surface area contributed by atoms with Gasteiger partial charge in [0.15, 0.2) is 0 Å². The summed E-state index contributed by atoms with van der Waals surface area (Å²) in [6, 6.07) is 0. The molecule has 0 amide bonds. The van der Waals surface area contributed by atoms with Crippen LogP contribution in [0.15, 0.2) is 0 Å². The van der Waals surface area contributed by atoms with Crippen LogP contribution in [-0.4, -0.2) is 19.8 Å². The molecule has 0 aliphatic heterocycles. The SMILES string of the molecule is [CH2]COC[CH]OCC. The van der Waals surface area contributed by atoms with E-state index in [1.165, 1.54) is 0 Å². The molecule has 2 heteroatoms. The predicted octanol–water partition coefficient (Wildman–Crippen LogP) is 1.04. The highest BCUT2D eigenvalue weighted by Gasteiger charge is 1.82. The van der Waals surface area contributed by atoms with E-state index in [1.807, 2.05) is 6.92 Å². The lowest BCUT2D eigenvalue weighted by Crippen LogP contribution is -1.97. The third-order valence-corrected chi connectivity index (χ3v) is 0.615. The number of hydrogen-bond donors (Lipinski definition) is 0. The van der Waals surface area contributed by atoms with Gasteiger partial charge in [0, 0.05) is 13.2 Å². The van der Waals surface area contributed by atoms with Crippen LogP contribution < -0.4 is 0 Å². The summed E-state index contributed by atoms with van der Waals surface area (Å²) in [6.07, 6.45) is 0. The molecular formula is C6H12O2. The van der Waals surface area contributed by atoms with E-state index < -0.39 is 0 Å². The van der Waals surface area contributed by atoms with Gasteiger partial charge >= 0.3 is 0 Å². The largest absolute Gasteiger partial charge is 0.379 e. The third-order valence-electron chi connectivity index (χ3n) is 0.615. The Morgan fingerprint density at radius 1 is 1.62 bits per heavy atom. The van der Waals surface area contributed by atoms with Crippen LogP contribution in [0.2, 0.25) is 0 Å². The zero-order valence-corrected chi connectivity index (χ0v) is 5.22. The first kappa shape index (κ1) is 7.92. The first-order valence-corrected chi connectivity index (χ1v) is 2.72. The summed E-state index contributed by atoms with van der Waals surface area (Å²) in [5, 5.41) is 0. The maximum absolute atomic E-state index is 4.86. The Bertz CT molecular complexity index is 31.5. The van der Waals surface area contributed by atoms with Gasteiger partial charge in [0.05, 0.1) is 6.61 Å². The second-order valence-corrected chi connectivity index (χ2v) is 1.20. The van der Waals surface area contributed by atoms with Crippen molar-refractivity contribution in [2.45, 2.75) is 6.92 Å². The van der Waals surface area contributed by atoms with Crippen LogP contribution in [0.4, 0.5) is 0 Å². The monoisotopic (exact) mass is 116 g/mol. The maximum Gasteiger partial charge on any atom is 0.109 e. The second kappa shape index (κ2) is 6.92. The fourth-order valence-electron chi connectivity index (χ4n) is 0.297. The van der Waals surface area contributed by atoms with Gasteiger partial charge in [0.1, 0.15) is 6.61 Å². The van der Waals surface area contributed by atoms with Crippen molar-refractivity contribution in [1.29, 1.82) is 0 Å². The van der Waals surface area contributed by atoms with Gasteiger partial charge in [-0.2, -0.15) is 0 Å². The molecule has 0 aromatic heterocycles. The summed E-state index contributed by atoms with van der Waals surface area (Å²) in [5.41, 5.74) is 0. The van der Waals surface area contributed by atoms with Crippen LogP contribution in [0.25, 0.3) is 0 Å². The Kier molecular flexibility index (Phi) is 6.85. The van der Waals surface area contributed by atoms with Crippen molar-refractivity contribution in [2.24, 2.45) is 0 Å². The van der Waals surface area contributed by atoms with Crippen LogP contribution in [0.3, 0.4) is 0 Å². The van der Waals surface area contributed by atoms with Gasteiger partial charge in [-0.05, 0) is 13.8 Å². The van der Waals surface area contributed by atoms with E-state index in [0.29, 0.717) is 19.8 Å². The first-order valence-electron chi connectivity index (χ1n) is 2.72. The van der Waals surface area contributed by atoms with Gasteiger partial charge in [-0.15, -0.1) is 0 Å². The summed E-state index contributed by atoms with van der Waals surface area (Å²) in [5.74, 6) is 0. The molecule has 2 nitrogen and oxygen atoms in total. The van der Waals surface area contributed by atoms with Crippen molar-refractivity contribution in [3.63, 3.8) is 0 Å². The lowest BCUT2D eigenvalue weighted by molar-refractivity contribution is 0.110. The summed E-state index contributed by atoms with van der Waals surface area (Å²) in [4.78, 5) is 0. The van der Waals surface area contributed by atoms with E-state index in [4.69, 9.17) is 9.47 Å². The molecule has 0 N–H and O–H groups in total. The van der Waals surface area contributed by atoms with Crippen LogP contribution in [0, 0.1) is 13.5 Å². The Labute approximate surface area is 50.8 Å². The Morgan fingerprint density at radius 2 is 2.38 bits per heavy atom. The third kappa shape index (κ3) is 5.92. The minimum Gasteiger partial charge on any atom is -0.379 e. The fraction of sp³-hybridized carbons (Fsp3) is 0.667. The average Bonchev–Trinajstić information content (AvgIpc) is 1.81. The van der Waals surface area contributed by atoms with Gasteiger partial charge in [0.2, 0.25) is 0 Å². The summed E-state index contributed by atoms with van der Waals surface area (Å²) >= 11 is 0. The highest BCUT2D eigenvalue weighted by Crippen LogP contribution is 1.81. The molecule has 0 bridgehead atoms. The van der Waals surface area contributed by atoms with Crippen molar-refractivity contribution in [1.82, 2.24) is 0 Å². The van der Waals surface area contributed by atoms with Gasteiger partial charge in [-0.3, -0.25) is 0 Å². The molecule has 0 rings (SSSR count). The summed E-state index contributed by atoms with van der Waals surface area (Å²) < 4.78 is 9.70. The molecule has 8 heavy (non-hydrogen) atoms. The molecule has 0 heterocycles. The highest BCUT2D eigenvalue weighted by molar-refractivity contribution is 4.45. The minimum atomic E-state index is 0.504. The van der Waals surface area contributed by atoms with Crippen molar-refractivity contribution in [2.75, 3.05) is 19.8 Å². The van der Waals surface area contributed by atoms with Crippen molar-refractivity contribution in [3.05, 3.63) is 13.5 Å². The first-order chi connectivity index (χ1) is 3.91. The lowest BCUT2D eigenvalue weighted by atomic mass is 10.7. The number of hydrogen-bond acceptors (Lipinski definition) is 2. The zero-order valence-electron chi connectivity index (χ0n) is 5.22. The normalized spacial score (nSPS) is 9.75. The average molecular weight is 116 g/mol. The van der Waals surface area contributed by atoms with Crippen molar-refractivity contribution < 1.29 is 9.47 Å². The van der Waals surface area contributed by atoms with E-state index in [-0.39, 0.29) is 0 Å². The van der Waals surface area contributed by atoms with Gasteiger partial charge in [-0.25, -0.2) is 0 Å². The van der Waals surface area contributed by atoms with Crippen LogP contribution in [0.5, 0.6) is 0 Å². The zero-order chi connectivity index (χ0) is 6.24. The maximum atomic E-state index is 4.86. The quantitative estimate of drug-likeness (QED) is 0.499. The van der Waals surface area contributed by atoms with Crippen LogP contribution in [0.1, 0.15) is 6.92 Å². The highest BCUT2D eigenvalue weighted by atomic mass is 16.5. The standard InChI is InChI=1S/C6H12O2/c1-3-7-5-6-8-4-2/h6H,1,3-5H2,2H3. The molecule has 0 aliphatic carbocycles.